The third kappa shape index (κ3) is 4.25. The Labute approximate surface area is 119 Å². The molecule has 2 nitrogen and oxygen atoms in total. The summed E-state index contributed by atoms with van der Waals surface area (Å²) in [6.07, 6.45) is -3.18. The highest BCUT2D eigenvalue weighted by Crippen LogP contribution is 2.40. The number of halogens is 4. The van der Waals surface area contributed by atoms with Crippen LogP contribution < -0.4 is 0 Å². The Morgan fingerprint density at radius 1 is 1.39 bits per heavy atom. The lowest BCUT2D eigenvalue weighted by Gasteiger charge is -2.17. The average molecular weight is 362 g/mol. The first kappa shape index (κ1) is 16.0. The molecule has 1 aromatic rings. The van der Waals surface area contributed by atoms with Gasteiger partial charge in [0.1, 0.15) is 21.0 Å². The summed E-state index contributed by atoms with van der Waals surface area (Å²) in [7, 11) is 0. The fourth-order valence-corrected chi connectivity index (χ4v) is 3.15. The van der Waals surface area contributed by atoms with E-state index >= 15 is 0 Å². The number of alkyl halides is 3. The van der Waals surface area contributed by atoms with Crippen LogP contribution >= 0.6 is 27.3 Å². The Morgan fingerprint density at radius 3 is 2.33 bits per heavy atom. The number of thiophene rings is 1. The van der Waals surface area contributed by atoms with Crippen molar-refractivity contribution in [2.75, 3.05) is 0 Å². The lowest BCUT2D eigenvalue weighted by Crippen LogP contribution is -2.25. The van der Waals surface area contributed by atoms with Crippen LogP contribution in [-0.4, -0.2) is 15.5 Å². The molecule has 0 bridgehead atoms. The van der Waals surface area contributed by atoms with Gasteiger partial charge in [0, 0.05) is 4.47 Å². The average Bonchev–Trinajstić information content (AvgIpc) is 2.54. The van der Waals surface area contributed by atoms with Crippen LogP contribution in [0.1, 0.15) is 30.5 Å². The number of hydrogen-bond donors (Lipinski definition) is 0. The van der Waals surface area contributed by atoms with Crippen LogP contribution in [0.3, 0.4) is 0 Å². The van der Waals surface area contributed by atoms with Crippen LogP contribution in [0.15, 0.2) is 14.9 Å². The molecule has 0 radical (unpaired) electrons. The fraction of sp³-hybridized carbons (Fsp3) is 0.500. The summed E-state index contributed by atoms with van der Waals surface area (Å²) in [4.78, 5) is -0.405. The van der Waals surface area contributed by atoms with Gasteiger partial charge in [-0.15, -0.1) is 11.3 Å². The Morgan fingerprint density at radius 2 is 1.94 bits per heavy atom. The minimum absolute atomic E-state index is 0.0250. The van der Waals surface area contributed by atoms with E-state index in [2.05, 4.69) is 20.3 Å². The van der Waals surface area contributed by atoms with Crippen LogP contribution in [0.25, 0.3) is 0 Å². The highest BCUT2D eigenvalue weighted by molar-refractivity contribution is 9.10. The maximum absolute atomic E-state index is 12.5. The van der Waals surface area contributed by atoms with Crippen LogP contribution in [0, 0.1) is 0 Å². The normalized spacial score (nSPS) is 15.3. The predicted octanol–water partition coefficient (Wildman–Crippen LogP) is 4.41. The molecule has 0 aliphatic carbocycles. The molecule has 0 unspecified atom stereocenters. The van der Waals surface area contributed by atoms with E-state index in [1.807, 2.05) is 0 Å². The van der Waals surface area contributed by atoms with Gasteiger partial charge in [-0.3, -0.25) is 0 Å². The van der Waals surface area contributed by atoms with Crippen molar-refractivity contribution in [2.45, 2.75) is 31.7 Å². The second-order valence-electron chi connectivity index (χ2n) is 4.42. The van der Waals surface area contributed by atoms with E-state index in [0.29, 0.717) is 16.2 Å². The molecule has 0 aliphatic heterocycles. The maximum Gasteiger partial charge on any atom is 0.426 e. The van der Waals surface area contributed by atoms with E-state index in [9.17, 15) is 17.7 Å². The molecule has 0 aliphatic rings. The Hall–Kier alpha value is -0.0500. The second-order valence-corrected chi connectivity index (χ2v) is 8.29. The summed E-state index contributed by atoms with van der Waals surface area (Å²) in [6.45, 7) is 5.23. The monoisotopic (exact) mass is 361 g/mol. The molecule has 8 heteroatoms. The zero-order valence-electron chi connectivity index (χ0n) is 9.84. The topological polar surface area (TPSA) is 35.4 Å². The minimum Gasteiger partial charge on any atom is -0.591 e. The zero-order valence-corrected chi connectivity index (χ0v) is 13.1. The van der Waals surface area contributed by atoms with Gasteiger partial charge in [0.25, 0.3) is 0 Å². The SMILES string of the molecule is CC(C)(C)[S@+]([O-])/N=C/c1cc(Br)c(C(F)(F)F)s1. The number of rotatable bonds is 2. The van der Waals surface area contributed by atoms with Crippen molar-refractivity contribution in [3.05, 3.63) is 20.3 Å². The van der Waals surface area contributed by atoms with E-state index in [0.717, 1.165) is 0 Å². The molecule has 1 heterocycles. The minimum atomic E-state index is -4.39. The van der Waals surface area contributed by atoms with Crippen LogP contribution in [-0.2, 0) is 17.5 Å². The van der Waals surface area contributed by atoms with Crippen molar-refractivity contribution in [2.24, 2.45) is 4.40 Å². The second kappa shape index (κ2) is 5.52. The molecule has 0 N–H and O–H groups in total. The lowest BCUT2D eigenvalue weighted by molar-refractivity contribution is -0.134. The van der Waals surface area contributed by atoms with Gasteiger partial charge in [-0.25, -0.2) is 0 Å². The van der Waals surface area contributed by atoms with Crippen molar-refractivity contribution in [3.8, 4) is 0 Å². The molecular formula is C10H11BrF3NOS2. The van der Waals surface area contributed by atoms with Gasteiger partial charge in [0.2, 0.25) is 0 Å². The van der Waals surface area contributed by atoms with Crippen molar-refractivity contribution < 1.29 is 17.7 Å². The van der Waals surface area contributed by atoms with Gasteiger partial charge in [-0.1, -0.05) is 4.40 Å². The van der Waals surface area contributed by atoms with E-state index in [1.54, 1.807) is 20.8 Å². The van der Waals surface area contributed by atoms with Gasteiger partial charge in [0.05, 0.1) is 11.1 Å². The molecular weight excluding hydrogens is 351 g/mol. The molecule has 0 saturated carbocycles. The molecule has 1 atom stereocenters. The fourth-order valence-electron chi connectivity index (χ4n) is 0.901. The van der Waals surface area contributed by atoms with Gasteiger partial charge in [-0.2, -0.15) is 13.2 Å². The van der Waals surface area contributed by atoms with Gasteiger partial charge >= 0.3 is 6.18 Å². The van der Waals surface area contributed by atoms with Crippen LogP contribution in [0.5, 0.6) is 0 Å². The Balaban J connectivity index is 2.91. The number of nitrogens with zero attached hydrogens (tertiary/aromatic N) is 1. The molecule has 18 heavy (non-hydrogen) atoms. The molecule has 0 amide bonds. The molecule has 1 aromatic heterocycles. The summed E-state index contributed by atoms with van der Waals surface area (Å²) in [5.41, 5.74) is 0. The largest absolute Gasteiger partial charge is 0.591 e. The molecule has 102 valence electrons. The third-order valence-corrected chi connectivity index (χ3v) is 5.11. The van der Waals surface area contributed by atoms with Crippen molar-refractivity contribution in [3.63, 3.8) is 0 Å². The van der Waals surface area contributed by atoms with E-state index in [4.69, 9.17) is 0 Å². The summed E-state index contributed by atoms with van der Waals surface area (Å²) < 4.78 is 52.4. The summed E-state index contributed by atoms with van der Waals surface area (Å²) in [5, 5.41) is 0. The highest BCUT2D eigenvalue weighted by atomic mass is 79.9. The van der Waals surface area contributed by atoms with Gasteiger partial charge < -0.3 is 4.55 Å². The first-order valence-electron chi connectivity index (χ1n) is 4.84. The highest BCUT2D eigenvalue weighted by Gasteiger charge is 2.35. The third-order valence-electron chi connectivity index (χ3n) is 1.76. The first-order valence-corrected chi connectivity index (χ1v) is 7.56. The smallest absolute Gasteiger partial charge is 0.426 e. The zero-order chi connectivity index (χ0) is 14.1. The molecule has 0 saturated heterocycles. The van der Waals surface area contributed by atoms with Crippen molar-refractivity contribution >= 4 is 44.8 Å². The lowest BCUT2D eigenvalue weighted by atomic mass is 10.3. The summed E-state index contributed by atoms with van der Waals surface area (Å²) in [6, 6.07) is 1.32. The van der Waals surface area contributed by atoms with Gasteiger partial charge in [-0.05, 0) is 42.8 Å². The first-order chi connectivity index (χ1) is 8.01. The van der Waals surface area contributed by atoms with E-state index in [-0.39, 0.29) is 4.47 Å². The molecule has 0 aromatic carbocycles. The van der Waals surface area contributed by atoms with E-state index in [1.165, 1.54) is 12.3 Å². The molecule has 1 rings (SSSR count). The maximum atomic E-state index is 12.5. The molecule has 0 fully saturated rings. The quantitative estimate of drug-likeness (QED) is 0.567. The Bertz CT molecular complexity index is 451. The molecule has 0 spiro atoms. The standard InChI is InChI=1S/C10H11BrF3NOS2/c1-9(2,3)18(16)15-5-6-4-7(11)8(17-6)10(12,13)14/h4-5H,1-3H3/b15-5+/t18-/m0/s1. The number of hydrogen-bond acceptors (Lipinski definition) is 3. The van der Waals surface area contributed by atoms with Crippen molar-refractivity contribution in [1.29, 1.82) is 0 Å². The van der Waals surface area contributed by atoms with Crippen LogP contribution in [0.4, 0.5) is 13.2 Å². The summed E-state index contributed by atoms with van der Waals surface area (Å²) in [5.74, 6) is 0. The summed E-state index contributed by atoms with van der Waals surface area (Å²) >= 11 is 1.94. The Kier molecular flexibility index (Phi) is 4.91. The van der Waals surface area contributed by atoms with Crippen molar-refractivity contribution in [1.82, 2.24) is 0 Å². The van der Waals surface area contributed by atoms with Gasteiger partial charge in [0.15, 0.2) is 0 Å². The predicted molar refractivity (Wildman–Crippen MR) is 72.5 cm³/mol. The van der Waals surface area contributed by atoms with Crippen LogP contribution in [0.2, 0.25) is 0 Å². The van der Waals surface area contributed by atoms with E-state index < -0.39 is 27.2 Å².